The fourth-order valence-electron chi connectivity index (χ4n) is 3.35. The lowest BCUT2D eigenvalue weighted by Crippen LogP contribution is -2.32. The van der Waals surface area contributed by atoms with Gasteiger partial charge in [-0.05, 0) is 54.8 Å². The average Bonchev–Trinajstić information content (AvgIpc) is 3.25. The van der Waals surface area contributed by atoms with Crippen LogP contribution in [0, 0.1) is 0 Å². The van der Waals surface area contributed by atoms with Crippen LogP contribution < -0.4 is 5.32 Å². The smallest absolute Gasteiger partial charge is 0.322 e. The standard InChI is InChI=1S/C23H28N4O6S2/c1-4-14-27(15-5-2)35(31,32)20-12-8-18(9-13-20)22(28)24-23-26-25-21(33-23)16-17-6-10-19(11-7-17)34(3,29)30/h6-13H,4-5,14-16H2,1-3H3,(H,24,26,28). The molecular weight excluding hydrogens is 492 g/mol. The predicted octanol–water partition coefficient (Wildman–Crippen LogP) is 3.13. The molecule has 188 valence electrons. The molecule has 3 aromatic rings. The predicted molar refractivity (Wildman–Crippen MR) is 130 cm³/mol. The molecule has 2 aromatic carbocycles. The van der Waals surface area contributed by atoms with E-state index in [-0.39, 0.29) is 33.7 Å². The lowest BCUT2D eigenvalue weighted by molar-refractivity contribution is 0.102. The fourth-order valence-corrected chi connectivity index (χ4v) is 5.61. The van der Waals surface area contributed by atoms with Gasteiger partial charge in [-0.1, -0.05) is 31.1 Å². The van der Waals surface area contributed by atoms with E-state index in [2.05, 4.69) is 15.5 Å². The van der Waals surface area contributed by atoms with Gasteiger partial charge in [0.25, 0.3) is 5.91 Å². The summed E-state index contributed by atoms with van der Waals surface area (Å²) in [4.78, 5) is 12.9. The Morgan fingerprint density at radius 1 is 0.886 bits per heavy atom. The number of benzene rings is 2. The molecule has 0 saturated heterocycles. The topological polar surface area (TPSA) is 140 Å². The number of nitrogens with one attached hydrogen (secondary N) is 1. The van der Waals surface area contributed by atoms with Gasteiger partial charge >= 0.3 is 6.01 Å². The highest BCUT2D eigenvalue weighted by Gasteiger charge is 2.23. The number of amides is 1. The van der Waals surface area contributed by atoms with Gasteiger partial charge in [-0.2, -0.15) is 4.31 Å². The van der Waals surface area contributed by atoms with E-state index < -0.39 is 25.8 Å². The maximum atomic E-state index is 12.9. The van der Waals surface area contributed by atoms with Crippen LogP contribution in [0.3, 0.4) is 0 Å². The highest BCUT2D eigenvalue weighted by molar-refractivity contribution is 7.90. The van der Waals surface area contributed by atoms with Crippen LogP contribution in [-0.2, 0) is 26.3 Å². The van der Waals surface area contributed by atoms with Crippen molar-refractivity contribution in [1.82, 2.24) is 14.5 Å². The summed E-state index contributed by atoms with van der Waals surface area (Å²) in [5.41, 5.74) is 0.994. The highest BCUT2D eigenvalue weighted by Crippen LogP contribution is 2.19. The number of carbonyl (C=O) groups excluding carboxylic acids is 1. The van der Waals surface area contributed by atoms with Gasteiger partial charge in [-0.15, -0.1) is 5.10 Å². The zero-order chi connectivity index (χ0) is 25.6. The number of aromatic nitrogens is 2. The molecule has 35 heavy (non-hydrogen) atoms. The second-order valence-electron chi connectivity index (χ2n) is 7.98. The normalized spacial score (nSPS) is 12.1. The molecular formula is C23H28N4O6S2. The Hall–Kier alpha value is -3.09. The number of hydrogen-bond acceptors (Lipinski definition) is 8. The molecule has 3 rings (SSSR count). The second-order valence-corrected chi connectivity index (χ2v) is 11.9. The van der Waals surface area contributed by atoms with E-state index in [1.807, 2.05) is 13.8 Å². The van der Waals surface area contributed by atoms with Crippen molar-refractivity contribution >= 4 is 31.8 Å². The van der Waals surface area contributed by atoms with E-state index in [4.69, 9.17) is 4.42 Å². The summed E-state index contributed by atoms with van der Waals surface area (Å²) in [5, 5.41) is 10.2. The first-order valence-electron chi connectivity index (χ1n) is 11.1. The first kappa shape index (κ1) is 26.5. The van der Waals surface area contributed by atoms with Crippen LogP contribution in [0.5, 0.6) is 0 Å². The summed E-state index contributed by atoms with van der Waals surface area (Å²) in [6.45, 7) is 4.70. The lowest BCUT2D eigenvalue weighted by Gasteiger charge is -2.21. The molecule has 10 nitrogen and oxygen atoms in total. The summed E-state index contributed by atoms with van der Waals surface area (Å²) >= 11 is 0. The number of sulfonamides is 1. The monoisotopic (exact) mass is 520 g/mol. The summed E-state index contributed by atoms with van der Waals surface area (Å²) in [6.07, 6.45) is 2.80. The van der Waals surface area contributed by atoms with E-state index in [9.17, 15) is 21.6 Å². The van der Waals surface area contributed by atoms with Crippen molar-refractivity contribution in [2.24, 2.45) is 0 Å². The second kappa shape index (κ2) is 11.1. The van der Waals surface area contributed by atoms with Gasteiger partial charge in [0.1, 0.15) is 0 Å². The van der Waals surface area contributed by atoms with E-state index >= 15 is 0 Å². The summed E-state index contributed by atoms with van der Waals surface area (Å²) in [5.74, 6) is -0.290. The van der Waals surface area contributed by atoms with E-state index in [0.717, 1.165) is 11.8 Å². The first-order chi connectivity index (χ1) is 16.5. The number of carbonyl (C=O) groups is 1. The number of hydrogen-bond donors (Lipinski definition) is 1. The molecule has 0 fully saturated rings. The van der Waals surface area contributed by atoms with Gasteiger partial charge < -0.3 is 4.42 Å². The Labute approximate surface area is 205 Å². The summed E-state index contributed by atoms with van der Waals surface area (Å²) in [6, 6.07) is 11.9. The molecule has 1 aromatic heterocycles. The molecule has 0 atom stereocenters. The van der Waals surface area contributed by atoms with Crippen molar-refractivity contribution in [2.75, 3.05) is 24.7 Å². The molecule has 0 saturated carbocycles. The minimum Gasteiger partial charge on any atom is -0.407 e. The lowest BCUT2D eigenvalue weighted by atomic mass is 10.1. The molecule has 0 aliphatic carbocycles. The minimum atomic E-state index is -3.64. The van der Waals surface area contributed by atoms with E-state index in [1.165, 1.54) is 40.7 Å². The van der Waals surface area contributed by atoms with Crippen molar-refractivity contribution in [3.05, 3.63) is 65.5 Å². The molecule has 1 amide bonds. The van der Waals surface area contributed by atoms with Crippen molar-refractivity contribution in [3.63, 3.8) is 0 Å². The molecule has 0 aliphatic heterocycles. The molecule has 0 unspecified atom stereocenters. The Bertz CT molecular complexity index is 1360. The fraction of sp³-hybridized carbons (Fsp3) is 0.348. The van der Waals surface area contributed by atoms with Crippen LogP contribution >= 0.6 is 0 Å². The van der Waals surface area contributed by atoms with Gasteiger partial charge in [0.2, 0.25) is 15.9 Å². The maximum absolute atomic E-state index is 12.9. The number of nitrogens with zero attached hydrogens (tertiary/aromatic N) is 3. The van der Waals surface area contributed by atoms with Gasteiger partial charge in [0, 0.05) is 24.9 Å². The van der Waals surface area contributed by atoms with Crippen LogP contribution in [0.4, 0.5) is 6.01 Å². The summed E-state index contributed by atoms with van der Waals surface area (Å²) in [7, 11) is -6.92. The molecule has 0 aliphatic rings. The number of sulfone groups is 1. The van der Waals surface area contributed by atoms with Crippen LogP contribution in [0.2, 0.25) is 0 Å². The Morgan fingerprint density at radius 3 is 2.00 bits per heavy atom. The maximum Gasteiger partial charge on any atom is 0.322 e. The zero-order valence-electron chi connectivity index (χ0n) is 19.8. The zero-order valence-corrected chi connectivity index (χ0v) is 21.4. The number of anilines is 1. The van der Waals surface area contributed by atoms with Crippen LogP contribution in [0.25, 0.3) is 0 Å². The highest BCUT2D eigenvalue weighted by atomic mass is 32.2. The third kappa shape index (κ3) is 6.74. The molecule has 1 N–H and O–H groups in total. The number of rotatable bonds is 11. The first-order valence-corrected chi connectivity index (χ1v) is 14.4. The average molecular weight is 521 g/mol. The van der Waals surface area contributed by atoms with Gasteiger partial charge in [0.15, 0.2) is 9.84 Å². The third-order valence-electron chi connectivity index (χ3n) is 5.09. The van der Waals surface area contributed by atoms with Crippen molar-refractivity contribution < 1.29 is 26.0 Å². The largest absolute Gasteiger partial charge is 0.407 e. The Kier molecular flexibility index (Phi) is 8.41. The van der Waals surface area contributed by atoms with Gasteiger partial charge in [-0.25, -0.2) is 16.8 Å². The molecule has 0 radical (unpaired) electrons. The molecule has 0 spiro atoms. The molecule has 0 bridgehead atoms. The molecule has 12 heteroatoms. The van der Waals surface area contributed by atoms with Crippen molar-refractivity contribution in [2.45, 2.75) is 42.9 Å². The van der Waals surface area contributed by atoms with Gasteiger partial charge in [-0.3, -0.25) is 10.1 Å². The van der Waals surface area contributed by atoms with E-state index in [0.29, 0.717) is 25.9 Å². The van der Waals surface area contributed by atoms with Gasteiger partial charge in [0.05, 0.1) is 16.2 Å². The van der Waals surface area contributed by atoms with Crippen LogP contribution in [0.15, 0.2) is 62.7 Å². The Morgan fingerprint density at radius 2 is 1.46 bits per heavy atom. The van der Waals surface area contributed by atoms with Crippen molar-refractivity contribution in [1.29, 1.82) is 0 Å². The quantitative estimate of drug-likeness (QED) is 0.407. The minimum absolute atomic E-state index is 0.105. The van der Waals surface area contributed by atoms with E-state index in [1.54, 1.807) is 12.1 Å². The van der Waals surface area contributed by atoms with Crippen molar-refractivity contribution in [3.8, 4) is 0 Å². The van der Waals surface area contributed by atoms with Crippen LogP contribution in [-0.4, -0.2) is 56.6 Å². The van der Waals surface area contributed by atoms with Crippen LogP contribution in [0.1, 0.15) is 48.5 Å². The Balaban J connectivity index is 1.65. The third-order valence-corrected chi connectivity index (χ3v) is 8.14. The SMILES string of the molecule is CCCN(CCC)S(=O)(=O)c1ccc(C(=O)Nc2nnc(Cc3ccc(S(C)(=O)=O)cc3)o2)cc1. The molecule has 1 heterocycles. The summed E-state index contributed by atoms with van der Waals surface area (Å²) < 4.78 is 55.8.